The number of rotatable bonds is 5. The molecule has 0 aliphatic rings. The van der Waals surface area contributed by atoms with Gasteiger partial charge in [0.1, 0.15) is 5.75 Å². The molecule has 3 rings (SSSR count). The minimum absolute atomic E-state index is 0.235. The van der Waals surface area contributed by atoms with Gasteiger partial charge in [-0.25, -0.2) is 4.79 Å². The van der Waals surface area contributed by atoms with E-state index in [1.165, 1.54) is 0 Å². The van der Waals surface area contributed by atoms with Crippen molar-refractivity contribution in [1.82, 2.24) is 25.1 Å². The van der Waals surface area contributed by atoms with Crippen molar-refractivity contribution in [1.29, 1.82) is 0 Å². The van der Waals surface area contributed by atoms with Crippen LogP contribution < -0.4 is 15.4 Å². The molecule has 0 spiro atoms. The van der Waals surface area contributed by atoms with Crippen LogP contribution in [0.15, 0.2) is 49.1 Å². The Balaban J connectivity index is 1.69. The SMILES string of the molecule is COc1ccccc1NC(=O)NCc1nccnc1-c1cnn(C)c1. The Morgan fingerprint density at radius 1 is 1.24 bits per heavy atom. The van der Waals surface area contributed by atoms with Crippen LogP contribution in [0, 0.1) is 0 Å². The summed E-state index contributed by atoms with van der Waals surface area (Å²) in [6, 6.07) is 6.84. The number of hydrogen-bond donors (Lipinski definition) is 2. The normalized spacial score (nSPS) is 10.3. The maximum atomic E-state index is 12.2. The Labute approximate surface area is 144 Å². The zero-order valence-corrected chi connectivity index (χ0v) is 13.9. The lowest BCUT2D eigenvalue weighted by Crippen LogP contribution is -2.29. The molecule has 2 N–H and O–H groups in total. The number of hydrogen-bond acceptors (Lipinski definition) is 5. The molecule has 3 aromatic rings. The minimum atomic E-state index is -0.354. The smallest absolute Gasteiger partial charge is 0.319 e. The van der Waals surface area contributed by atoms with Crippen molar-refractivity contribution in [2.24, 2.45) is 7.05 Å². The summed E-state index contributed by atoms with van der Waals surface area (Å²) in [5.74, 6) is 0.591. The van der Waals surface area contributed by atoms with Gasteiger partial charge in [-0.15, -0.1) is 0 Å². The number of carbonyl (C=O) groups is 1. The van der Waals surface area contributed by atoms with E-state index in [2.05, 4.69) is 25.7 Å². The Morgan fingerprint density at radius 2 is 2.04 bits per heavy atom. The zero-order valence-electron chi connectivity index (χ0n) is 13.9. The van der Waals surface area contributed by atoms with Crippen LogP contribution in [-0.2, 0) is 13.6 Å². The average molecular weight is 338 g/mol. The fraction of sp³-hybridized carbons (Fsp3) is 0.176. The van der Waals surface area contributed by atoms with Crippen LogP contribution in [0.5, 0.6) is 5.75 Å². The molecule has 0 unspecified atom stereocenters. The van der Waals surface area contributed by atoms with Crippen LogP contribution in [0.4, 0.5) is 10.5 Å². The van der Waals surface area contributed by atoms with Gasteiger partial charge >= 0.3 is 6.03 Å². The van der Waals surface area contributed by atoms with Crippen molar-refractivity contribution in [2.75, 3.05) is 12.4 Å². The van der Waals surface area contributed by atoms with E-state index < -0.39 is 0 Å². The number of nitrogens with one attached hydrogen (secondary N) is 2. The molecule has 25 heavy (non-hydrogen) atoms. The van der Waals surface area contributed by atoms with Gasteiger partial charge in [0.15, 0.2) is 0 Å². The van der Waals surface area contributed by atoms with Crippen LogP contribution >= 0.6 is 0 Å². The van der Waals surface area contributed by atoms with Gasteiger partial charge in [-0.1, -0.05) is 12.1 Å². The summed E-state index contributed by atoms with van der Waals surface area (Å²) in [5, 5.41) is 9.68. The Hall–Kier alpha value is -3.42. The summed E-state index contributed by atoms with van der Waals surface area (Å²) in [7, 11) is 3.39. The maximum Gasteiger partial charge on any atom is 0.319 e. The molecule has 0 fully saturated rings. The Bertz CT molecular complexity index is 877. The first kappa shape index (κ1) is 16.4. The second-order valence-electron chi connectivity index (χ2n) is 5.26. The third kappa shape index (κ3) is 3.92. The van der Waals surface area contributed by atoms with Crippen LogP contribution in [0.2, 0.25) is 0 Å². The van der Waals surface area contributed by atoms with Gasteiger partial charge in [0.05, 0.1) is 36.9 Å². The molecule has 0 aliphatic heterocycles. The second kappa shape index (κ2) is 7.43. The molecule has 0 saturated heterocycles. The molecular weight excluding hydrogens is 320 g/mol. The third-order valence-electron chi connectivity index (χ3n) is 3.52. The zero-order chi connectivity index (χ0) is 17.6. The van der Waals surface area contributed by atoms with Gasteiger partial charge in [0, 0.05) is 31.2 Å². The number of nitrogens with zero attached hydrogens (tertiary/aromatic N) is 4. The second-order valence-corrected chi connectivity index (χ2v) is 5.26. The van der Waals surface area contributed by atoms with E-state index in [1.807, 2.05) is 25.4 Å². The van der Waals surface area contributed by atoms with Gasteiger partial charge in [-0.05, 0) is 12.1 Å². The molecule has 0 saturated carbocycles. The van der Waals surface area contributed by atoms with Crippen molar-refractivity contribution in [3.8, 4) is 17.0 Å². The van der Waals surface area contributed by atoms with Crippen molar-refractivity contribution >= 4 is 11.7 Å². The van der Waals surface area contributed by atoms with Gasteiger partial charge < -0.3 is 15.4 Å². The molecule has 0 radical (unpaired) electrons. The monoisotopic (exact) mass is 338 g/mol. The third-order valence-corrected chi connectivity index (χ3v) is 3.52. The van der Waals surface area contributed by atoms with Crippen LogP contribution in [-0.4, -0.2) is 32.9 Å². The van der Waals surface area contributed by atoms with E-state index in [0.29, 0.717) is 22.8 Å². The van der Waals surface area contributed by atoms with Crippen LogP contribution in [0.1, 0.15) is 5.69 Å². The van der Waals surface area contributed by atoms with Crippen molar-refractivity contribution in [3.63, 3.8) is 0 Å². The van der Waals surface area contributed by atoms with Gasteiger partial charge in [0.25, 0.3) is 0 Å². The maximum absolute atomic E-state index is 12.2. The van der Waals surface area contributed by atoms with Gasteiger partial charge in [-0.3, -0.25) is 14.6 Å². The van der Waals surface area contributed by atoms with E-state index in [9.17, 15) is 4.79 Å². The standard InChI is InChI=1S/C17H18N6O2/c1-23-11-12(9-21-23)16-14(18-7-8-19-16)10-20-17(24)22-13-5-3-4-6-15(13)25-2/h3-9,11H,10H2,1-2H3,(H2,20,22,24). The molecular formula is C17H18N6O2. The first-order valence-electron chi connectivity index (χ1n) is 7.64. The summed E-state index contributed by atoms with van der Waals surface area (Å²) in [5.41, 5.74) is 2.78. The number of anilines is 1. The molecule has 8 heteroatoms. The van der Waals surface area contributed by atoms with Crippen LogP contribution in [0.25, 0.3) is 11.3 Å². The highest BCUT2D eigenvalue weighted by molar-refractivity contribution is 5.90. The predicted octanol–water partition coefficient (Wildman–Crippen LogP) is 2.21. The lowest BCUT2D eigenvalue weighted by Gasteiger charge is -2.11. The fourth-order valence-corrected chi connectivity index (χ4v) is 2.36. The summed E-state index contributed by atoms with van der Waals surface area (Å²) >= 11 is 0. The molecule has 0 bridgehead atoms. The quantitative estimate of drug-likeness (QED) is 0.744. The lowest BCUT2D eigenvalue weighted by molar-refractivity contribution is 0.251. The van der Waals surface area contributed by atoms with Gasteiger partial charge in [0.2, 0.25) is 0 Å². The highest BCUT2D eigenvalue weighted by Crippen LogP contribution is 2.23. The number of urea groups is 1. The number of carbonyl (C=O) groups excluding carboxylic acids is 1. The average Bonchev–Trinajstić information content (AvgIpc) is 3.07. The number of benzene rings is 1. The van der Waals surface area contributed by atoms with E-state index in [0.717, 1.165) is 5.56 Å². The number of aromatic nitrogens is 4. The van der Waals surface area contributed by atoms with E-state index in [4.69, 9.17) is 4.74 Å². The van der Waals surface area contributed by atoms with E-state index in [1.54, 1.807) is 42.5 Å². The Kier molecular flexibility index (Phi) is 4.89. The number of aryl methyl sites for hydroxylation is 1. The Morgan fingerprint density at radius 3 is 2.80 bits per heavy atom. The molecule has 8 nitrogen and oxygen atoms in total. The lowest BCUT2D eigenvalue weighted by atomic mass is 10.2. The molecule has 1 aromatic carbocycles. The summed E-state index contributed by atoms with van der Waals surface area (Å²) in [4.78, 5) is 20.8. The van der Waals surface area contributed by atoms with Crippen molar-refractivity contribution in [3.05, 3.63) is 54.7 Å². The number of ether oxygens (including phenoxy) is 1. The number of methoxy groups -OCH3 is 1. The first-order chi connectivity index (χ1) is 12.2. The minimum Gasteiger partial charge on any atom is -0.495 e. The predicted molar refractivity (Wildman–Crippen MR) is 93.1 cm³/mol. The molecule has 2 amide bonds. The highest BCUT2D eigenvalue weighted by atomic mass is 16.5. The molecule has 0 atom stereocenters. The largest absolute Gasteiger partial charge is 0.495 e. The fourth-order valence-electron chi connectivity index (χ4n) is 2.36. The molecule has 2 heterocycles. The summed E-state index contributed by atoms with van der Waals surface area (Å²) < 4.78 is 6.90. The number of amides is 2. The van der Waals surface area contributed by atoms with Crippen molar-refractivity contribution in [2.45, 2.75) is 6.54 Å². The van der Waals surface area contributed by atoms with E-state index >= 15 is 0 Å². The van der Waals surface area contributed by atoms with Gasteiger partial charge in [-0.2, -0.15) is 5.10 Å². The first-order valence-corrected chi connectivity index (χ1v) is 7.64. The number of para-hydroxylation sites is 2. The molecule has 2 aromatic heterocycles. The summed E-state index contributed by atoms with van der Waals surface area (Å²) in [6.07, 6.45) is 6.76. The molecule has 0 aliphatic carbocycles. The van der Waals surface area contributed by atoms with E-state index in [-0.39, 0.29) is 12.6 Å². The highest BCUT2D eigenvalue weighted by Gasteiger charge is 2.12. The van der Waals surface area contributed by atoms with Crippen molar-refractivity contribution < 1.29 is 9.53 Å². The topological polar surface area (TPSA) is 94.0 Å². The summed E-state index contributed by atoms with van der Waals surface area (Å²) in [6.45, 7) is 0.235. The molecule has 128 valence electrons. The van der Waals surface area contributed by atoms with Crippen LogP contribution in [0.3, 0.4) is 0 Å².